The molecule has 3 heteroatoms. The summed E-state index contributed by atoms with van der Waals surface area (Å²) >= 11 is 3.26. The van der Waals surface area contributed by atoms with Crippen LogP contribution < -0.4 is 5.43 Å². The van der Waals surface area contributed by atoms with Gasteiger partial charge < -0.3 is 0 Å². The van der Waals surface area contributed by atoms with E-state index in [0.29, 0.717) is 0 Å². The first kappa shape index (κ1) is 10.5. The van der Waals surface area contributed by atoms with Crippen molar-refractivity contribution in [2.24, 2.45) is 0 Å². The molecule has 0 spiro atoms. The molecule has 0 aliphatic carbocycles. The van der Waals surface area contributed by atoms with E-state index in [1.165, 1.54) is 0 Å². The minimum absolute atomic E-state index is 0.0805. The Morgan fingerprint density at radius 2 is 1.87 bits per heavy atom. The molecule has 0 radical (unpaired) electrons. The average Bonchev–Trinajstić information content (AvgIpc) is 2.29. The van der Waals surface area contributed by atoms with E-state index in [1.807, 2.05) is 36.6 Å². The van der Waals surface area contributed by atoms with Crippen molar-refractivity contribution >= 4 is 23.1 Å². The lowest BCUT2D eigenvalue weighted by Crippen LogP contribution is -1.95. The molecule has 0 fully saturated rings. The van der Waals surface area contributed by atoms with E-state index in [-0.39, 0.29) is 5.43 Å². The number of thioether (sulfide) groups is 1. The molecule has 2 aromatic rings. The van der Waals surface area contributed by atoms with Crippen LogP contribution in [0.25, 0.3) is 10.4 Å². The van der Waals surface area contributed by atoms with Crippen LogP contribution in [-0.4, -0.2) is 6.26 Å². The molecule has 0 saturated carbocycles. The van der Waals surface area contributed by atoms with Gasteiger partial charge in [-0.05, 0) is 11.8 Å². The van der Waals surface area contributed by atoms with E-state index in [2.05, 4.69) is 0 Å². The van der Waals surface area contributed by atoms with Gasteiger partial charge in [0, 0.05) is 17.0 Å². The van der Waals surface area contributed by atoms with E-state index in [1.54, 1.807) is 35.2 Å². The van der Waals surface area contributed by atoms with Crippen LogP contribution in [0.5, 0.6) is 0 Å². The van der Waals surface area contributed by atoms with E-state index >= 15 is 0 Å². The molecule has 0 aliphatic heterocycles. The highest BCUT2D eigenvalue weighted by Gasteiger charge is 2.01. The van der Waals surface area contributed by atoms with Crippen LogP contribution in [0.15, 0.2) is 51.5 Å². The predicted molar refractivity (Wildman–Crippen MR) is 67.8 cm³/mol. The number of rotatable bonds is 2. The van der Waals surface area contributed by atoms with Crippen LogP contribution >= 0.6 is 23.1 Å². The predicted octanol–water partition coefficient (Wildman–Crippen LogP) is 3.50. The lowest BCUT2D eigenvalue weighted by atomic mass is 10.2. The fourth-order valence-corrected chi connectivity index (χ4v) is 2.96. The molecule has 0 atom stereocenters. The third kappa shape index (κ3) is 2.49. The Balaban J connectivity index is 2.54. The molecule has 1 nitrogen and oxygen atoms in total. The molecule has 2 rings (SSSR count). The third-order valence-corrected chi connectivity index (χ3v) is 4.17. The summed E-state index contributed by atoms with van der Waals surface area (Å²) in [5.74, 6) is 0. The van der Waals surface area contributed by atoms with Crippen molar-refractivity contribution in [1.82, 2.24) is 0 Å². The molecule has 0 unspecified atom stereocenters. The first-order chi connectivity index (χ1) is 7.29. The molecular weight excluding hydrogens is 224 g/mol. The van der Waals surface area contributed by atoms with E-state index in [0.717, 1.165) is 14.6 Å². The summed E-state index contributed by atoms with van der Waals surface area (Å²) in [5, 5.41) is 0. The average molecular weight is 234 g/mol. The van der Waals surface area contributed by atoms with Crippen LogP contribution in [-0.2, 0) is 0 Å². The molecule has 15 heavy (non-hydrogen) atoms. The van der Waals surface area contributed by atoms with E-state index < -0.39 is 0 Å². The minimum Gasteiger partial charge on any atom is -0.290 e. The van der Waals surface area contributed by atoms with Crippen molar-refractivity contribution in [3.05, 3.63) is 52.7 Å². The van der Waals surface area contributed by atoms with Crippen LogP contribution in [0.4, 0.5) is 0 Å². The Bertz CT molecular complexity index is 503. The molecule has 1 aromatic heterocycles. The zero-order valence-corrected chi connectivity index (χ0v) is 9.90. The minimum atomic E-state index is 0.0805. The van der Waals surface area contributed by atoms with Gasteiger partial charge in [-0.1, -0.05) is 30.3 Å². The third-order valence-electron chi connectivity index (χ3n) is 2.00. The lowest BCUT2D eigenvalue weighted by Gasteiger charge is -2.01. The van der Waals surface area contributed by atoms with Crippen molar-refractivity contribution in [3.63, 3.8) is 0 Å². The first-order valence-electron chi connectivity index (χ1n) is 4.54. The molecular formula is C12H10OS2. The topological polar surface area (TPSA) is 17.1 Å². The van der Waals surface area contributed by atoms with Gasteiger partial charge >= 0.3 is 0 Å². The second-order valence-corrected chi connectivity index (χ2v) is 5.24. The van der Waals surface area contributed by atoms with E-state index in [9.17, 15) is 4.79 Å². The van der Waals surface area contributed by atoms with Crippen molar-refractivity contribution in [1.29, 1.82) is 0 Å². The monoisotopic (exact) mass is 234 g/mol. The van der Waals surface area contributed by atoms with Crippen LogP contribution in [0.3, 0.4) is 0 Å². The van der Waals surface area contributed by atoms with Crippen LogP contribution in [0.1, 0.15) is 0 Å². The summed E-state index contributed by atoms with van der Waals surface area (Å²) in [6.07, 6.45) is 1.99. The van der Waals surface area contributed by atoms with Crippen LogP contribution in [0.2, 0.25) is 0 Å². The van der Waals surface area contributed by atoms with Gasteiger partial charge in [-0.2, -0.15) is 0 Å². The summed E-state index contributed by atoms with van der Waals surface area (Å²) in [5.41, 5.74) is 1.19. The molecule has 0 amide bonds. The Kier molecular flexibility index (Phi) is 3.23. The van der Waals surface area contributed by atoms with Crippen molar-refractivity contribution in [3.8, 4) is 10.4 Å². The standard InChI is InChI=1S/C12H10OS2/c1-14-12-8-10(13)7-11(15-12)9-5-3-2-4-6-9/h2-8H,1H3. The molecule has 0 bridgehead atoms. The van der Waals surface area contributed by atoms with E-state index in [4.69, 9.17) is 0 Å². The van der Waals surface area contributed by atoms with Gasteiger partial charge in [-0.25, -0.2) is 0 Å². The second-order valence-electron chi connectivity index (χ2n) is 3.05. The maximum absolute atomic E-state index is 11.4. The summed E-state index contributed by atoms with van der Waals surface area (Å²) in [4.78, 5) is 12.5. The summed E-state index contributed by atoms with van der Waals surface area (Å²) in [6, 6.07) is 13.4. The highest BCUT2D eigenvalue weighted by Crippen LogP contribution is 2.28. The van der Waals surface area contributed by atoms with Crippen molar-refractivity contribution in [2.75, 3.05) is 6.26 Å². The second kappa shape index (κ2) is 4.64. The summed E-state index contributed by atoms with van der Waals surface area (Å²) in [7, 11) is 0. The number of benzene rings is 1. The maximum Gasteiger partial charge on any atom is 0.182 e. The Morgan fingerprint density at radius 3 is 2.53 bits per heavy atom. The molecule has 0 N–H and O–H groups in total. The fourth-order valence-electron chi connectivity index (χ4n) is 1.30. The van der Waals surface area contributed by atoms with Gasteiger partial charge in [-0.3, -0.25) is 4.79 Å². The highest BCUT2D eigenvalue weighted by atomic mass is 32.2. The summed E-state index contributed by atoms with van der Waals surface area (Å²) in [6.45, 7) is 0. The maximum atomic E-state index is 11.4. The smallest absolute Gasteiger partial charge is 0.182 e. The van der Waals surface area contributed by atoms with Gasteiger partial charge in [0.2, 0.25) is 0 Å². The van der Waals surface area contributed by atoms with Crippen molar-refractivity contribution < 1.29 is 0 Å². The molecule has 1 aromatic carbocycles. The normalized spacial score (nSPS) is 10.2. The highest BCUT2D eigenvalue weighted by molar-refractivity contribution is 8.00. The van der Waals surface area contributed by atoms with Gasteiger partial charge in [0.05, 0.1) is 4.21 Å². The zero-order valence-electron chi connectivity index (χ0n) is 8.27. The number of hydrogen-bond acceptors (Lipinski definition) is 3. The molecule has 1 heterocycles. The SMILES string of the molecule is CSc1cc(=O)cc(-c2ccccc2)s1. The Morgan fingerprint density at radius 1 is 1.13 bits per heavy atom. The van der Waals surface area contributed by atoms with Gasteiger partial charge in [0.1, 0.15) is 0 Å². The molecule has 76 valence electrons. The van der Waals surface area contributed by atoms with Gasteiger partial charge in [0.15, 0.2) is 5.43 Å². The van der Waals surface area contributed by atoms with Crippen LogP contribution in [0, 0.1) is 0 Å². The Hall–Kier alpha value is -1.06. The largest absolute Gasteiger partial charge is 0.290 e. The van der Waals surface area contributed by atoms with Gasteiger partial charge in [-0.15, -0.1) is 23.1 Å². The molecule has 0 aliphatic rings. The quantitative estimate of drug-likeness (QED) is 0.740. The zero-order chi connectivity index (χ0) is 10.7. The molecule has 0 saturated heterocycles. The Labute approximate surface area is 96.8 Å². The fraction of sp³-hybridized carbons (Fsp3) is 0.0833. The van der Waals surface area contributed by atoms with Gasteiger partial charge in [0.25, 0.3) is 0 Å². The first-order valence-corrected chi connectivity index (χ1v) is 6.58. The lowest BCUT2D eigenvalue weighted by molar-refractivity contribution is 1.55. The number of hydrogen-bond donors (Lipinski definition) is 0. The van der Waals surface area contributed by atoms with Crippen molar-refractivity contribution in [2.45, 2.75) is 4.21 Å². The summed E-state index contributed by atoms with van der Waals surface area (Å²) < 4.78 is 1.06.